The van der Waals surface area contributed by atoms with Gasteiger partial charge in [0.15, 0.2) is 0 Å². The molecule has 0 aliphatic carbocycles. The average molecular weight is 216 g/mol. The van der Waals surface area contributed by atoms with Crippen molar-refractivity contribution in [3.8, 4) is 0 Å². The molecular weight excluding hydrogens is 196 g/mol. The Labute approximate surface area is 90.2 Å². The van der Waals surface area contributed by atoms with Crippen LogP contribution in [0.3, 0.4) is 0 Å². The minimum atomic E-state index is -0.765. The van der Waals surface area contributed by atoms with Crippen molar-refractivity contribution in [1.29, 1.82) is 0 Å². The molecule has 0 amide bonds. The zero-order valence-corrected chi connectivity index (χ0v) is 9.40. The maximum Gasteiger partial charge on any atom is 0.310 e. The fraction of sp³-hybridized carbons (Fsp3) is 0.900. The van der Waals surface area contributed by atoms with Gasteiger partial charge < -0.3 is 15.6 Å². The van der Waals surface area contributed by atoms with Gasteiger partial charge in [0.05, 0.1) is 18.1 Å². The number of rotatable bonds is 4. The van der Waals surface area contributed by atoms with E-state index in [-0.39, 0.29) is 6.10 Å². The molecule has 5 heteroatoms. The summed E-state index contributed by atoms with van der Waals surface area (Å²) in [4.78, 5) is 13.1. The van der Waals surface area contributed by atoms with Gasteiger partial charge in [-0.2, -0.15) is 0 Å². The van der Waals surface area contributed by atoms with E-state index in [1.54, 1.807) is 13.8 Å². The van der Waals surface area contributed by atoms with Crippen LogP contribution in [0, 0.1) is 5.41 Å². The second-order valence-electron chi connectivity index (χ2n) is 4.65. The van der Waals surface area contributed by atoms with Gasteiger partial charge in [0.1, 0.15) is 0 Å². The molecule has 88 valence electrons. The number of ether oxygens (including phenoxy) is 1. The van der Waals surface area contributed by atoms with E-state index in [0.29, 0.717) is 19.7 Å². The Bertz CT molecular complexity index is 231. The van der Waals surface area contributed by atoms with Crippen LogP contribution < -0.4 is 5.73 Å². The summed E-state index contributed by atoms with van der Waals surface area (Å²) in [6.07, 6.45) is 0.0448. The standard InChI is InChI=1S/C10H20N2O3/c1-10(2,9(13)14)7-12-3-4-15-8(5-11)6-12/h8H,3-7,11H2,1-2H3,(H,13,14). The Morgan fingerprint density at radius 1 is 1.67 bits per heavy atom. The van der Waals surface area contributed by atoms with Crippen molar-refractivity contribution in [2.75, 3.05) is 32.8 Å². The average Bonchev–Trinajstić information content (AvgIpc) is 2.17. The molecule has 0 aromatic heterocycles. The highest BCUT2D eigenvalue weighted by atomic mass is 16.5. The molecule has 15 heavy (non-hydrogen) atoms. The van der Waals surface area contributed by atoms with Crippen LogP contribution in [0.15, 0.2) is 0 Å². The first kappa shape index (κ1) is 12.4. The van der Waals surface area contributed by atoms with E-state index in [1.165, 1.54) is 0 Å². The maximum atomic E-state index is 11.0. The lowest BCUT2D eigenvalue weighted by Crippen LogP contribution is -2.49. The molecule has 1 saturated heterocycles. The molecule has 1 rings (SSSR count). The second-order valence-corrected chi connectivity index (χ2v) is 4.65. The van der Waals surface area contributed by atoms with E-state index >= 15 is 0 Å². The lowest BCUT2D eigenvalue weighted by atomic mass is 9.93. The number of morpholine rings is 1. The van der Waals surface area contributed by atoms with Crippen molar-refractivity contribution >= 4 is 5.97 Å². The van der Waals surface area contributed by atoms with E-state index in [9.17, 15) is 4.79 Å². The van der Waals surface area contributed by atoms with Gasteiger partial charge in [0.25, 0.3) is 0 Å². The molecule has 0 radical (unpaired) electrons. The van der Waals surface area contributed by atoms with Crippen molar-refractivity contribution in [3.63, 3.8) is 0 Å². The smallest absolute Gasteiger partial charge is 0.310 e. The summed E-state index contributed by atoms with van der Waals surface area (Å²) in [7, 11) is 0. The van der Waals surface area contributed by atoms with Crippen LogP contribution in [0.25, 0.3) is 0 Å². The number of carbonyl (C=O) groups is 1. The molecule has 0 aromatic carbocycles. The highest BCUT2D eigenvalue weighted by molar-refractivity contribution is 5.73. The number of carboxylic acids is 1. The molecule has 1 aliphatic rings. The van der Waals surface area contributed by atoms with E-state index in [4.69, 9.17) is 15.6 Å². The van der Waals surface area contributed by atoms with Gasteiger partial charge in [-0.1, -0.05) is 0 Å². The SMILES string of the molecule is CC(C)(CN1CCOC(CN)C1)C(=O)O. The van der Waals surface area contributed by atoms with Crippen LogP contribution in [0.4, 0.5) is 0 Å². The summed E-state index contributed by atoms with van der Waals surface area (Å²) in [5.41, 5.74) is 4.81. The second kappa shape index (κ2) is 4.92. The molecule has 1 heterocycles. The first-order chi connectivity index (χ1) is 6.95. The molecule has 1 fully saturated rings. The summed E-state index contributed by atoms with van der Waals surface area (Å²) in [5.74, 6) is -0.765. The summed E-state index contributed by atoms with van der Waals surface area (Å²) in [6, 6.07) is 0. The van der Waals surface area contributed by atoms with Gasteiger partial charge >= 0.3 is 5.97 Å². The molecule has 1 unspecified atom stereocenters. The largest absolute Gasteiger partial charge is 0.481 e. The monoisotopic (exact) mass is 216 g/mol. The molecule has 0 saturated carbocycles. The van der Waals surface area contributed by atoms with Crippen LogP contribution in [-0.2, 0) is 9.53 Å². The number of aliphatic carboxylic acids is 1. The third-order valence-corrected chi connectivity index (χ3v) is 2.68. The van der Waals surface area contributed by atoms with Crippen LogP contribution in [0.2, 0.25) is 0 Å². The molecule has 0 spiro atoms. The predicted molar refractivity (Wildman–Crippen MR) is 56.7 cm³/mol. The van der Waals surface area contributed by atoms with Crippen molar-refractivity contribution in [3.05, 3.63) is 0 Å². The Kier molecular flexibility index (Phi) is 4.07. The number of hydrogen-bond acceptors (Lipinski definition) is 4. The third kappa shape index (κ3) is 3.44. The Hall–Kier alpha value is -0.650. The van der Waals surface area contributed by atoms with Crippen molar-refractivity contribution < 1.29 is 14.6 Å². The highest BCUT2D eigenvalue weighted by Gasteiger charge is 2.31. The predicted octanol–water partition coefficient (Wildman–Crippen LogP) is -0.243. The first-order valence-electron chi connectivity index (χ1n) is 5.23. The normalized spacial score (nSPS) is 24.1. The minimum absolute atomic E-state index is 0.0448. The van der Waals surface area contributed by atoms with Crippen LogP contribution in [0.1, 0.15) is 13.8 Å². The van der Waals surface area contributed by atoms with Crippen LogP contribution in [-0.4, -0.2) is 54.9 Å². The Balaban J connectivity index is 2.47. The van der Waals surface area contributed by atoms with Crippen molar-refractivity contribution in [1.82, 2.24) is 4.90 Å². The Morgan fingerprint density at radius 3 is 2.87 bits per heavy atom. The number of hydrogen-bond donors (Lipinski definition) is 2. The molecule has 5 nitrogen and oxygen atoms in total. The van der Waals surface area contributed by atoms with Gasteiger partial charge in [-0.05, 0) is 13.8 Å². The van der Waals surface area contributed by atoms with Gasteiger partial charge in [0.2, 0.25) is 0 Å². The summed E-state index contributed by atoms with van der Waals surface area (Å²) >= 11 is 0. The molecule has 1 atom stereocenters. The van der Waals surface area contributed by atoms with E-state index in [2.05, 4.69) is 4.90 Å². The lowest BCUT2D eigenvalue weighted by molar-refractivity contribution is -0.149. The van der Waals surface area contributed by atoms with Crippen LogP contribution in [0.5, 0.6) is 0 Å². The minimum Gasteiger partial charge on any atom is -0.481 e. The number of carboxylic acid groups (broad SMARTS) is 1. The molecule has 3 N–H and O–H groups in total. The quantitative estimate of drug-likeness (QED) is 0.678. The number of nitrogens with two attached hydrogens (primary N) is 1. The van der Waals surface area contributed by atoms with Gasteiger partial charge in [0, 0.05) is 26.2 Å². The topological polar surface area (TPSA) is 75.8 Å². The van der Waals surface area contributed by atoms with Gasteiger partial charge in [-0.3, -0.25) is 9.69 Å². The van der Waals surface area contributed by atoms with E-state index < -0.39 is 11.4 Å². The van der Waals surface area contributed by atoms with E-state index in [1.807, 2.05) is 0 Å². The first-order valence-corrected chi connectivity index (χ1v) is 5.23. The van der Waals surface area contributed by atoms with Gasteiger partial charge in [-0.25, -0.2) is 0 Å². The summed E-state index contributed by atoms with van der Waals surface area (Å²) in [5, 5.41) is 9.01. The zero-order valence-electron chi connectivity index (χ0n) is 9.40. The zero-order chi connectivity index (χ0) is 11.5. The van der Waals surface area contributed by atoms with Crippen molar-refractivity contribution in [2.45, 2.75) is 20.0 Å². The molecule has 1 aliphatic heterocycles. The van der Waals surface area contributed by atoms with Gasteiger partial charge in [-0.15, -0.1) is 0 Å². The Morgan fingerprint density at radius 2 is 2.33 bits per heavy atom. The maximum absolute atomic E-state index is 11.0. The summed E-state index contributed by atoms with van der Waals surface area (Å²) in [6.45, 7) is 6.66. The number of nitrogens with zero attached hydrogens (tertiary/aromatic N) is 1. The molecule has 0 aromatic rings. The summed E-state index contributed by atoms with van der Waals surface area (Å²) < 4.78 is 5.42. The lowest BCUT2D eigenvalue weighted by Gasteiger charge is -2.35. The highest BCUT2D eigenvalue weighted by Crippen LogP contribution is 2.18. The van der Waals surface area contributed by atoms with Crippen molar-refractivity contribution in [2.24, 2.45) is 11.1 Å². The van der Waals surface area contributed by atoms with E-state index in [0.717, 1.165) is 13.1 Å². The van der Waals surface area contributed by atoms with Crippen LogP contribution >= 0.6 is 0 Å². The molecular formula is C10H20N2O3. The molecule has 0 bridgehead atoms. The fourth-order valence-corrected chi connectivity index (χ4v) is 1.69. The third-order valence-electron chi connectivity index (χ3n) is 2.68. The fourth-order valence-electron chi connectivity index (χ4n) is 1.69.